The standard InChI is InChI=1S/C15H19ClN2.ClH/c1-9(2)7-14-15-11(5-6-17-14)12-8-10(16)3-4-13(12)18-15;/h3-4,8-9,14,17-18H,5-7H2,1-2H3;1H. The van der Waals surface area contributed by atoms with E-state index in [1.54, 1.807) is 0 Å². The van der Waals surface area contributed by atoms with Crippen LogP contribution < -0.4 is 5.32 Å². The third-order valence-electron chi connectivity index (χ3n) is 3.72. The highest BCUT2D eigenvalue weighted by atomic mass is 35.5. The molecule has 104 valence electrons. The molecule has 2 nitrogen and oxygen atoms in total. The largest absolute Gasteiger partial charge is 0.357 e. The van der Waals surface area contributed by atoms with E-state index >= 15 is 0 Å². The van der Waals surface area contributed by atoms with Gasteiger partial charge in [0.2, 0.25) is 0 Å². The van der Waals surface area contributed by atoms with Crippen LogP contribution in [-0.4, -0.2) is 11.5 Å². The first-order chi connectivity index (χ1) is 8.65. The Morgan fingerprint density at radius 3 is 2.89 bits per heavy atom. The zero-order valence-electron chi connectivity index (χ0n) is 11.3. The summed E-state index contributed by atoms with van der Waals surface area (Å²) >= 11 is 6.11. The fraction of sp³-hybridized carbons (Fsp3) is 0.467. The summed E-state index contributed by atoms with van der Waals surface area (Å²) in [6, 6.07) is 6.59. The molecule has 0 amide bonds. The van der Waals surface area contributed by atoms with E-state index in [9.17, 15) is 0 Å². The number of aromatic amines is 1. The molecule has 4 heteroatoms. The number of hydrogen-bond donors (Lipinski definition) is 2. The molecule has 2 aromatic rings. The van der Waals surface area contributed by atoms with Gasteiger partial charge in [0.05, 0.1) is 0 Å². The second-order valence-electron chi connectivity index (χ2n) is 5.59. The smallest absolute Gasteiger partial charge is 0.0478 e. The Labute approximate surface area is 125 Å². The Balaban J connectivity index is 0.00000133. The molecule has 1 aromatic carbocycles. The van der Waals surface area contributed by atoms with E-state index in [0.29, 0.717) is 12.0 Å². The lowest BCUT2D eigenvalue weighted by molar-refractivity contribution is 0.409. The van der Waals surface area contributed by atoms with Crippen LogP contribution in [0, 0.1) is 5.92 Å². The second kappa shape index (κ2) is 5.74. The molecule has 1 unspecified atom stereocenters. The van der Waals surface area contributed by atoms with Crippen molar-refractivity contribution in [2.45, 2.75) is 32.7 Å². The Bertz CT molecular complexity index is 575. The fourth-order valence-corrected chi connectivity index (χ4v) is 3.13. The van der Waals surface area contributed by atoms with Gasteiger partial charge in [0.1, 0.15) is 0 Å². The lowest BCUT2D eigenvalue weighted by Gasteiger charge is -2.25. The van der Waals surface area contributed by atoms with Gasteiger partial charge < -0.3 is 10.3 Å². The second-order valence-corrected chi connectivity index (χ2v) is 6.03. The molecule has 0 aliphatic carbocycles. The van der Waals surface area contributed by atoms with Gasteiger partial charge in [-0.1, -0.05) is 25.4 Å². The number of fused-ring (bicyclic) bond motifs is 3. The van der Waals surface area contributed by atoms with Crippen molar-refractivity contribution in [3.8, 4) is 0 Å². The van der Waals surface area contributed by atoms with E-state index in [-0.39, 0.29) is 12.4 Å². The van der Waals surface area contributed by atoms with Gasteiger partial charge in [0.25, 0.3) is 0 Å². The minimum Gasteiger partial charge on any atom is -0.357 e. The van der Waals surface area contributed by atoms with Gasteiger partial charge in [0.15, 0.2) is 0 Å². The quantitative estimate of drug-likeness (QED) is 0.841. The summed E-state index contributed by atoms with van der Waals surface area (Å²) in [5, 5.41) is 5.74. The first-order valence-corrected chi connectivity index (χ1v) is 7.06. The summed E-state index contributed by atoms with van der Waals surface area (Å²) in [5.41, 5.74) is 4.03. The van der Waals surface area contributed by atoms with Gasteiger partial charge in [-0.3, -0.25) is 0 Å². The normalized spacial score (nSPS) is 18.4. The molecule has 0 saturated carbocycles. The maximum absolute atomic E-state index is 6.11. The van der Waals surface area contributed by atoms with E-state index in [1.165, 1.54) is 28.6 Å². The highest BCUT2D eigenvalue weighted by Crippen LogP contribution is 2.33. The Hall–Kier alpha value is -0.700. The number of aromatic nitrogens is 1. The van der Waals surface area contributed by atoms with Crippen molar-refractivity contribution in [1.82, 2.24) is 10.3 Å². The summed E-state index contributed by atoms with van der Waals surface area (Å²) in [4.78, 5) is 3.58. The number of hydrogen-bond acceptors (Lipinski definition) is 1. The number of rotatable bonds is 2. The molecule has 0 bridgehead atoms. The van der Waals surface area contributed by atoms with Crippen LogP contribution in [0.1, 0.15) is 37.6 Å². The van der Waals surface area contributed by atoms with Gasteiger partial charge in [0, 0.05) is 27.7 Å². The van der Waals surface area contributed by atoms with E-state index in [1.807, 2.05) is 6.07 Å². The van der Waals surface area contributed by atoms with Crippen molar-refractivity contribution >= 4 is 34.9 Å². The molecular formula is C15H20Cl2N2. The van der Waals surface area contributed by atoms with Crippen LogP contribution in [0.4, 0.5) is 0 Å². The van der Waals surface area contributed by atoms with Gasteiger partial charge >= 0.3 is 0 Å². The predicted molar refractivity (Wildman–Crippen MR) is 84.5 cm³/mol. The molecule has 0 spiro atoms. The Kier molecular flexibility index (Phi) is 4.44. The Morgan fingerprint density at radius 1 is 1.37 bits per heavy atom. The monoisotopic (exact) mass is 298 g/mol. The average molecular weight is 299 g/mol. The molecule has 3 rings (SSSR count). The number of nitrogens with one attached hydrogen (secondary N) is 2. The molecule has 2 N–H and O–H groups in total. The third kappa shape index (κ3) is 2.76. The predicted octanol–water partition coefficient (Wildman–Crippen LogP) is 4.48. The van der Waals surface area contributed by atoms with Gasteiger partial charge in [-0.25, -0.2) is 0 Å². The molecule has 0 saturated heterocycles. The lowest BCUT2D eigenvalue weighted by Crippen LogP contribution is -2.30. The van der Waals surface area contributed by atoms with Crippen molar-refractivity contribution in [2.24, 2.45) is 5.92 Å². The van der Waals surface area contributed by atoms with Crippen molar-refractivity contribution in [3.63, 3.8) is 0 Å². The van der Waals surface area contributed by atoms with Crippen molar-refractivity contribution < 1.29 is 0 Å². The number of benzene rings is 1. The topological polar surface area (TPSA) is 27.8 Å². The first-order valence-electron chi connectivity index (χ1n) is 6.68. The van der Waals surface area contributed by atoms with Crippen molar-refractivity contribution in [3.05, 3.63) is 34.5 Å². The lowest BCUT2D eigenvalue weighted by atomic mass is 9.93. The minimum absolute atomic E-state index is 0. The first kappa shape index (κ1) is 14.7. The molecular weight excluding hydrogens is 279 g/mol. The summed E-state index contributed by atoms with van der Waals surface area (Å²) in [5.74, 6) is 0.698. The van der Waals surface area contributed by atoms with Crippen molar-refractivity contribution in [1.29, 1.82) is 0 Å². The average Bonchev–Trinajstić information content (AvgIpc) is 2.68. The molecule has 1 aromatic heterocycles. The van der Waals surface area contributed by atoms with Gasteiger partial charge in [-0.15, -0.1) is 12.4 Å². The van der Waals surface area contributed by atoms with Crippen LogP contribution >= 0.6 is 24.0 Å². The van der Waals surface area contributed by atoms with Crippen LogP contribution in [0.3, 0.4) is 0 Å². The van der Waals surface area contributed by atoms with E-state index in [4.69, 9.17) is 11.6 Å². The van der Waals surface area contributed by atoms with Crippen LogP contribution in [0.15, 0.2) is 18.2 Å². The fourth-order valence-electron chi connectivity index (χ4n) is 2.95. The van der Waals surface area contributed by atoms with Crippen LogP contribution in [0.5, 0.6) is 0 Å². The molecule has 1 aliphatic rings. The van der Waals surface area contributed by atoms with Crippen LogP contribution in [0.2, 0.25) is 5.02 Å². The number of halogens is 2. The summed E-state index contributed by atoms with van der Waals surface area (Å²) in [6.07, 6.45) is 2.26. The van der Waals surface area contributed by atoms with Gasteiger partial charge in [-0.05, 0) is 49.1 Å². The summed E-state index contributed by atoms with van der Waals surface area (Å²) < 4.78 is 0. The van der Waals surface area contributed by atoms with Crippen molar-refractivity contribution in [2.75, 3.05) is 6.54 Å². The summed E-state index contributed by atoms with van der Waals surface area (Å²) in [6.45, 7) is 5.61. The van der Waals surface area contributed by atoms with Crippen LogP contribution in [-0.2, 0) is 6.42 Å². The highest BCUT2D eigenvalue weighted by Gasteiger charge is 2.24. The molecule has 19 heavy (non-hydrogen) atoms. The number of H-pyrrole nitrogens is 1. The molecule has 1 atom stereocenters. The molecule has 1 aliphatic heterocycles. The van der Waals surface area contributed by atoms with E-state index < -0.39 is 0 Å². The van der Waals surface area contributed by atoms with Gasteiger partial charge in [-0.2, -0.15) is 0 Å². The molecule has 0 radical (unpaired) electrons. The van der Waals surface area contributed by atoms with E-state index in [2.05, 4.69) is 36.3 Å². The maximum atomic E-state index is 6.11. The van der Waals surface area contributed by atoms with E-state index in [0.717, 1.165) is 18.0 Å². The highest BCUT2D eigenvalue weighted by molar-refractivity contribution is 6.31. The third-order valence-corrected chi connectivity index (χ3v) is 3.96. The zero-order chi connectivity index (χ0) is 12.7. The summed E-state index contributed by atoms with van der Waals surface area (Å²) in [7, 11) is 0. The van der Waals surface area contributed by atoms with Crippen LogP contribution in [0.25, 0.3) is 10.9 Å². The maximum Gasteiger partial charge on any atom is 0.0478 e. The zero-order valence-corrected chi connectivity index (χ0v) is 12.9. The Morgan fingerprint density at radius 2 is 2.16 bits per heavy atom. The molecule has 2 heterocycles. The SMILES string of the molecule is CC(C)CC1NCCc2c1[nH]c1ccc(Cl)cc21.Cl. The molecule has 0 fully saturated rings. The minimum atomic E-state index is 0.